The Hall–Kier alpha value is -2.32. The van der Waals surface area contributed by atoms with Crippen LogP contribution in [0.1, 0.15) is 26.3 Å². The molecule has 6 N–H and O–H groups in total. The second-order valence-corrected chi connectivity index (χ2v) is 5.97. The number of carboxylic acid groups (broad SMARTS) is 2. The Morgan fingerprint density at radius 2 is 1.78 bits per heavy atom. The summed E-state index contributed by atoms with van der Waals surface area (Å²) in [6.45, 7) is 4.79. The Labute approximate surface area is 133 Å². The van der Waals surface area contributed by atoms with E-state index in [0.29, 0.717) is 5.56 Å². The van der Waals surface area contributed by atoms with Gasteiger partial charge in [-0.25, -0.2) is 10.9 Å². The zero-order chi connectivity index (χ0) is 17.8. The highest BCUT2D eigenvalue weighted by molar-refractivity contribution is 5.79. The highest BCUT2D eigenvalue weighted by atomic mass is 16.4. The van der Waals surface area contributed by atoms with E-state index in [4.69, 9.17) is 5.11 Å². The highest BCUT2D eigenvalue weighted by Gasteiger charge is 2.35. The van der Waals surface area contributed by atoms with Gasteiger partial charge in [0.05, 0.1) is 0 Å². The maximum absolute atomic E-state index is 11.6. The van der Waals surface area contributed by atoms with Gasteiger partial charge >= 0.3 is 11.9 Å². The first-order valence-electron chi connectivity index (χ1n) is 7.06. The SMILES string of the molecule is CC(C)[C@H](NN[C@@](C)(Cc1ccc(O)c(O)c1)C(=O)O)C(=O)O. The molecule has 128 valence electrons. The van der Waals surface area contributed by atoms with Crippen molar-refractivity contribution in [3.05, 3.63) is 23.8 Å². The Kier molecular flexibility index (Phi) is 5.94. The number of hydrogen-bond acceptors (Lipinski definition) is 6. The fraction of sp³-hybridized carbons (Fsp3) is 0.467. The molecule has 1 aromatic carbocycles. The molecule has 0 amide bonds. The molecule has 0 bridgehead atoms. The molecule has 0 saturated carbocycles. The van der Waals surface area contributed by atoms with Gasteiger partial charge in [-0.1, -0.05) is 19.9 Å². The molecule has 0 fully saturated rings. The zero-order valence-corrected chi connectivity index (χ0v) is 13.2. The van der Waals surface area contributed by atoms with E-state index in [2.05, 4.69) is 10.9 Å². The van der Waals surface area contributed by atoms with Crippen LogP contribution in [0.3, 0.4) is 0 Å². The second kappa shape index (κ2) is 7.30. The van der Waals surface area contributed by atoms with Gasteiger partial charge in [-0.15, -0.1) is 0 Å². The van der Waals surface area contributed by atoms with Crippen LogP contribution < -0.4 is 10.9 Å². The number of rotatable bonds is 8. The van der Waals surface area contributed by atoms with Gasteiger partial charge in [0.2, 0.25) is 0 Å². The van der Waals surface area contributed by atoms with E-state index in [0.717, 1.165) is 0 Å². The molecule has 8 heteroatoms. The van der Waals surface area contributed by atoms with Crippen LogP contribution in [0, 0.1) is 5.92 Å². The summed E-state index contributed by atoms with van der Waals surface area (Å²) in [7, 11) is 0. The molecule has 23 heavy (non-hydrogen) atoms. The standard InChI is InChI=1S/C15H22N2O6/c1-8(2)12(13(20)21)16-17-15(3,14(22)23)7-9-4-5-10(18)11(19)6-9/h4-6,8,12,16-19H,7H2,1-3H3,(H,20,21)(H,22,23)/t12-,15-/m0/s1. The minimum Gasteiger partial charge on any atom is -0.504 e. The van der Waals surface area contributed by atoms with Crippen molar-refractivity contribution in [1.82, 2.24) is 10.9 Å². The number of phenolic OH excluding ortho intramolecular Hbond substituents is 2. The zero-order valence-electron chi connectivity index (χ0n) is 13.2. The van der Waals surface area contributed by atoms with Crippen LogP contribution in [0.5, 0.6) is 11.5 Å². The number of nitrogens with one attached hydrogen (secondary N) is 2. The van der Waals surface area contributed by atoms with Crippen molar-refractivity contribution >= 4 is 11.9 Å². The van der Waals surface area contributed by atoms with Crippen LogP contribution >= 0.6 is 0 Å². The second-order valence-electron chi connectivity index (χ2n) is 5.97. The first-order valence-corrected chi connectivity index (χ1v) is 7.06. The fourth-order valence-electron chi connectivity index (χ4n) is 2.01. The lowest BCUT2D eigenvalue weighted by atomic mass is 9.93. The minimum atomic E-state index is -1.51. The normalized spacial score (nSPS) is 15.1. The van der Waals surface area contributed by atoms with Gasteiger partial charge in [0.15, 0.2) is 11.5 Å². The smallest absolute Gasteiger partial charge is 0.325 e. The third kappa shape index (κ3) is 4.83. The number of benzene rings is 1. The van der Waals surface area contributed by atoms with Crippen molar-refractivity contribution in [3.8, 4) is 11.5 Å². The number of aliphatic carboxylic acids is 2. The average Bonchev–Trinajstić information content (AvgIpc) is 2.42. The van der Waals surface area contributed by atoms with Crippen molar-refractivity contribution in [2.24, 2.45) is 5.92 Å². The highest BCUT2D eigenvalue weighted by Crippen LogP contribution is 2.26. The number of hydrogen-bond donors (Lipinski definition) is 6. The summed E-state index contributed by atoms with van der Waals surface area (Å²) in [6.07, 6.45) is -0.0341. The summed E-state index contributed by atoms with van der Waals surface area (Å²) in [6, 6.07) is 3.04. The van der Waals surface area contributed by atoms with Crippen molar-refractivity contribution in [3.63, 3.8) is 0 Å². The molecular weight excluding hydrogens is 304 g/mol. The summed E-state index contributed by atoms with van der Waals surface area (Å²) < 4.78 is 0. The Morgan fingerprint density at radius 3 is 2.22 bits per heavy atom. The summed E-state index contributed by atoms with van der Waals surface area (Å²) in [5, 5.41) is 37.3. The van der Waals surface area contributed by atoms with Gasteiger partial charge in [0.1, 0.15) is 11.6 Å². The van der Waals surface area contributed by atoms with Crippen LogP contribution in [0.4, 0.5) is 0 Å². The van der Waals surface area contributed by atoms with Crippen LogP contribution in [-0.2, 0) is 16.0 Å². The summed E-state index contributed by atoms with van der Waals surface area (Å²) in [5.74, 6) is -3.19. The van der Waals surface area contributed by atoms with Crippen molar-refractivity contribution in [2.45, 2.75) is 38.8 Å². The van der Waals surface area contributed by atoms with Gasteiger partial charge in [-0.05, 0) is 30.5 Å². The third-order valence-corrected chi connectivity index (χ3v) is 3.51. The van der Waals surface area contributed by atoms with E-state index >= 15 is 0 Å². The third-order valence-electron chi connectivity index (χ3n) is 3.51. The topological polar surface area (TPSA) is 139 Å². The van der Waals surface area contributed by atoms with E-state index in [-0.39, 0.29) is 23.8 Å². The number of hydrazine groups is 1. The molecule has 0 heterocycles. The van der Waals surface area contributed by atoms with E-state index in [1.54, 1.807) is 13.8 Å². The van der Waals surface area contributed by atoms with Crippen LogP contribution in [-0.4, -0.2) is 43.9 Å². The largest absolute Gasteiger partial charge is 0.504 e. The molecule has 0 aliphatic carbocycles. The van der Waals surface area contributed by atoms with Crippen LogP contribution in [0.15, 0.2) is 18.2 Å². The molecule has 0 saturated heterocycles. The minimum absolute atomic E-state index is 0.0341. The van der Waals surface area contributed by atoms with E-state index in [9.17, 15) is 24.9 Å². The molecular formula is C15H22N2O6. The number of aromatic hydroxyl groups is 2. The Bertz CT molecular complexity index is 589. The molecule has 0 aliphatic rings. The maximum atomic E-state index is 11.6. The van der Waals surface area contributed by atoms with Gasteiger partial charge in [0.25, 0.3) is 0 Å². The molecule has 0 spiro atoms. The molecule has 0 unspecified atom stereocenters. The number of carbonyl (C=O) groups is 2. The summed E-state index contributed by atoms with van der Waals surface area (Å²) in [5.41, 5.74) is 4.07. The Balaban J connectivity index is 2.92. The molecule has 0 radical (unpaired) electrons. The van der Waals surface area contributed by atoms with E-state index in [1.807, 2.05) is 0 Å². The van der Waals surface area contributed by atoms with Gasteiger partial charge < -0.3 is 20.4 Å². The summed E-state index contributed by atoms with van der Waals surface area (Å²) in [4.78, 5) is 22.7. The first-order chi connectivity index (χ1) is 10.6. The average molecular weight is 326 g/mol. The quantitative estimate of drug-likeness (QED) is 0.303. The predicted molar refractivity (Wildman–Crippen MR) is 82.0 cm³/mol. The Morgan fingerprint density at radius 1 is 1.17 bits per heavy atom. The van der Waals surface area contributed by atoms with Gasteiger partial charge in [-0.2, -0.15) is 0 Å². The molecule has 2 atom stereocenters. The maximum Gasteiger partial charge on any atom is 0.325 e. The molecule has 1 rings (SSSR count). The van der Waals surface area contributed by atoms with Gasteiger partial charge in [0, 0.05) is 6.42 Å². The first kappa shape index (κ1) is 18.7. The molecule has 0 aliphatic heterocycles. The van der Waals surface area contributed by atoms with E-state index in [1.165, 1.54) is 25.1 Å². The number of carboxylic acids is 2. The molecule has 0 aromatic heterocycles. The van der Waals surface area contributed by atoms with Crippen LogP contribution in [0.25, 0.3) is 0 Å². The van der Waals surface area contributed by atoms with Crippen molar-refractivity contribution in [1.29, 1.82) is 0 Å². The van der Waals surface area contributed by atoms with Crippen molar-refractivity contribution < 1.29 is 30.0 Å². The van der Waals surface area contributed by atoms with E-state index < -0.39 is 23.5 Å². The molecule has 1 aromatic rings. The van der Waals surface area contributed by atoms with Crippen LogP contribution in [0.2, 0.25) is 0 Å². The van der Waals surface area contributed by atoms with Crippen molar-refractivity contribution in [2.75, 3.05) is 0 Å². The predicted octanol–water partition coefficient (Wildman–Crippen LogP) is 0.687. The summed E-state index contributed by atoms with van der Waals surface area (Å²) >= 11 is 0. The van der Waals surface area contributed by atoms with Gasteiger partial charge in [-0.3, -0.25) is 9.59 Å². The lowest BCUT2D eigenvalue weighted by Crippen LogP contribution is -2.61. The number of phenols is 2. The monoisotopic (exact) mass is 326 g/mol. The lowest BCUT2D eigenvalue weighted by molar-refractivity contribution is -0.147. The fourth-order valence-corrected chi connectivity index (χ4v) is 2.01. The molecule has 8 nitrogen and oxygen atoms in total. The lowest BCUT2D eigenvalue weighted by Gasteiger charge is -2.30.